The van der Waals surface area contributed by atoms with E-state index in [1.807, 2.05) is 13.8 Å². The highest BCUT2D eigenvalue weighted by Crippen LogP contribution is 2.26. The normalized spacial score (nSPS) is 14.6. The third kappa shape index (κ3) is 4.58. The second kappa shape index (κ2) is 7.28. The molecule has 0 aliphatic rings. The molecule has 3 nitrogen and oxygen atoms in total. The number of nitrogens with one attached hydrogen (secondary N) is 1. The van der Waals surface area contributed by atoms with Gasteiger partial charge in [0.1, 0.15) is 5.75 Å². The molecule has 1 aromatic rings. The molecule has 0 heterocycles. The van der Waals surface area contributed by atoms with Crippen LogP contribution in [0.4, 0.5) is 8.78 Å². The van der Waals surface area contributed by atoms with Gasteiger partial charge in [0.05, 0.1) is 0 Å². The number of alkyl halides is 2. The van der Waals surface area contributed by atoms with Crippen molar-refractivity contribution in [2.24, 2.45) is 5.92 Å². The molecule has 1 aromatic carbocycles. The Balaban J connectivity index is 2.69. The van der Waals surface area contributed by atoms with E-state index >= 15 is 0 Å². The zero-order valence-corrected chi connectivity index (χ0v) is 10.6. The Kier molecular flexibility index (Phi) is 6.01. The molecule has 0 radical (unpaired) electrons. The lowest BCUT2D eigenvalue weighted by atomic mass is 10.1. The summed E-state index contributed by atoms with van der Waals surface area (Å²) in [4.78, 5) is 0. The molecule has 0 aliphatic heterocycles. The molecule has 2 atom stereocenters. The lowest BCUT2D eigenvalue weighted by Gasteiger charge is -2.19. The monoisotopic (exact) mass is 259 g/mol. The quantitative estimate of drug-likeness (QED) is 0.790. The van der Waals surface area contributed by atoms with Crippen LogP contribution < -0.4 is 10.1 Å². The smallest absolute Gasteiger partial charge is 0.387 e. The highest BCUT2D eigenvalue weighted by Gasteiger charge is 2.14. The number of para-hydroxylation sites is 1. The molecule has 0 amide bonds. The number of aliphatic hydroxyl groups is 1. The summed E-state index contributed by atoms with van der Waals surface area (Å²) in [7, 11) is 0. The summed E-state index contributed by atoms with van der Waals surface area (Å²) >= 11 is 0. The number of rotatable bonds is 7. The SMILES string of the molecule is CC(CO)CNC(C)c1ccccc1OC(F)F. The standard InChI is InChI=1S/C13H19F2NO2/c1-9(8-17)7-16-10(2)11-5-3-4-6-12(11)18-13(14)15/h3-6,9-10,13,16-17H,7-8H2,1-2H3. The fourth-order valence-corrected chi connectivity index (χ4v) is 1.59. The van der Waals surface area contributed by atoms with E-state index in [1.165, 1.54) is 6.07 Å². The van der Waals surface area contributed by atoms with Crippen LogP contribution in [0, 0.1) is 5.92 Å². The minimum absolute atomic E-state index is 0.0922. The van der Waals surface area contributed by atoms with Crippen molar-refractivity contribution >= 4 is 0 Å². The molecule has 0 aliphatic carbocycles. The van der Waals surface area contributed by atoms with Crippen LogP contribution in [0.25, 0.3) is 0 Å². The molecular formula is C13H19F2NO2. The number of halogens is 2. The molecule has 0 fully saturated rings. The van der Waals surface area contributed by atoms with E-state index < -0.39 is 6.61 Å². The lowest BCUT2D eigenvalue weighted by molar-refractivity contribution is -0.0506. The Bertz CT molecular complexity index is 361. The zero-order valence-electron chi connectivity index (χ0n) is 10.6. The summed E-state index contributed by atoms with van der Waals surface area (Å²) in [5.74, 6) is 0.305. The maximum absolute atomic E-state index is 12.3. The van der Waals surface area contributed by atoms with Gasteiger partial charge in [-0.3, -0.25) is 0 Å². The fraction of sp³-hybridized carbons (Fsp3) is 0.538. The molecule has 0 bridgehead atoms. The lowest BCUT2D eigenvalue weighted by Crippen LogP contribution is -2.26. The van der Waals surface area contributed by atoms with E-state index in [0.29, 0.717) is 12.1 Å². The van der Waals surface area contributed by atoms with Crippen LogP contribution in [0.5, 0.6) is 5.75 Å². The number of aliphatic hydroxyl groups excluding tert-OH is 1. The fourth-order valence-electron chi connectivity index (χ4n) is 1.59. The second-order valence-corrected chi connectivity index (χ2v) is 4.33. The van der Waals surface area contributed by atoms with E-state index in [2.05, 4.69) is 10.1 Å². The van der Waals surface area contributed by atoms with Gasteiger partial charge in [0.25, 0.3) is 0 Å². The van der Waals surface area contributed by atoms with E-state index in [9.17, 15) is 8.78 Å². The largest absolute Gasteiger partial charge is 0.434 e. The minimum Gasteiger partial charge on any atom is -0.434 e. The molecule has 102 valence electrons. The van der Waals surface area contributed by atoms with Crippen molar-refractivity contribution in [3.8, 4) is 5.75 Å². The number of hydrogen-bond acceptors (Lipinski definition) is 3. The predicted octanol–water partition coefficient (Wildman–Crippen LogP) is 2.57. The van der Waals surface area contributed by atoms with Crippen molar-refractivity contribution in [2.45, 2.75) is 26.5 Å². The Hall–Kier alpha value is -1.20. The summed E-state index contributed by atoms with van der Waals surface area (Å²) in [5, 5.41) is 12.1. The predicted molar refractivity (Wildman–Crippen MR) is 65.7 cm³/mol. The number of benzene rings is 1. The topological polar surface area (TPSA) is 41.5 Å². The first kappa shape index (κ1) is 14.9. The Morgan fingerprint density at radius 2 is 1.94 bits per heavy atom. The molecular weight excluding hydrogens is 240 g/mol. The van der Waals surface area contributed by atoms with E-state index in [0.717, 1.165) is 0 Å². The summed E-state index contributed by atoms with van der Waals surface area (Å²) in [6, 6.07) is 6.59. The Morgan fingerprint density at radius 3 is 2.56 bits per heavy atom. The number of hydrogen-bond donors (Lipinski definition) is 2. The van der Waals surface area contributed by atoms with Gasteiger partial charge in [-0.05, 0) is 18.9 Å². The Labute approximate surface area is 106 Å². The van der Waals surface area contributed by atoms with Crippen molar-refractivity contribution in [1.29, 1.82) is 0 Å². The highest BCUT2D eigenvalue weighted by atomic mass is 19.3. The maximum atomic E-state index is 12.3. The van der Waals surface area contributed by atoms with Gasteiger partial charge < -0.3 is 15.2 Å². The van der Waals surface area contributed by atoms with Gasteiger partial charge in [-0.2, -0.15) is 8.78 Å². The van der Waals surface area contributed by atoms with E-state index in [-0.39, 0.29) is 24.3 Å². The van der Waals surface area contributed by atoms with Crippen LogP contribution >= 0.6 is 0 Å². The van der Waals surface area contributed by atoms with Gasteiger partial charge in [0, 0.05) is 24.8 Å². The number of ether oxygens (including phenoxy) is 1. The van der Waals surface area contributed by atoms with Gasteiger partial charge in [-0.25, -0.2) is 0 Å². The average molecular weight is 259 g/mol. The third-order valence-corrected chi connectivity index (χ3v) is 2.69. The van der Waals surface area contributed by atoms with Crippen molar-refractivity contribution < 1.29 is 18.6 Å². The first-order valence-electron chi connectivity index (χ1n) is 5.92. The third-order valence-electron chi connectivity index (χ3n) is 2.69. The van der Waals surface area contributed by atoms with Crippen molar-refractivity contribution in [3.05, 3.63) is 29.8 Å². The average Bonchev–Trinajstić information content (AvgIpc) is 2.35. The maximum Gasteiger partial charge on any atom is 0.387 e. The van der Waals surface area contributed by atoms with Crippen LogP contribution in [-0.4, -0.2) is 24.9 Å². The minimum atomic E-state index is -2.82. The van der Waals surface area contributed by atoms with Crippen molar-refractivity contribution in [3.63, 3.8) is 0 Å². The van der Waals surface area contributed by atoms with Crippen LogP contribution in [-0.2, 0) is 0 Å². The second-order valence-electron chi connectivity index (χ2n) is 4.33. The van der Waals surface area contributed by atoms with Gasteiger partial charge >= 0.3 is 6.61 Å². The van der Waals surface area contributed by atoms with Gasteiger partial charge in [-0.1, -0.05) is 25.1 Å². The van der Waals surface area contributed by atoms with E-state index in [1.54, 1.807) is 18.2 Å². The van der Waals surface area contributed by atoms with Gasteiger partial charge in [0.15, 0.2) is 0 Å². The summed E-state index contributed by atoms with van der Waals surface area (Å²) in [6.45, 7) is 1.66. The Morgan fingerprint density at radius 1 is 1.28 bits per heavy atom. The van der Waals surface area contributed by atoms with E-state index in [4.69, 9.17) is 5.11 Å². The summed E-state index contributed by atoms with van der Waals surface area (Å²) in [5.41, 5.74) is 0.683. The zero-order chi connectivity index (χ0) is 13.5. The van der Waals surface area contributed by atoms with Crippen LogP contribution in [0.1, 0.15) is 25.5 Å². The van der Waals surface area contributed by atoms with Crippen LogP contribution in [0.2, 0.25) is 0 Å². The molecule has 0 saturated heterocycles. The van der Waals surface area contributed by atoms with Gasteiger partial charge in [0.2, 0.25) is 0 Å². The van der Waals surface area contributed by atoms with Crippen molar-refractivity contribution in [2.75, 3.05) is 13.2 Å². The molecule has 18 heavy (non-hydrogen) atoms. The molecule has 0 spiro atoms. The van der Waals surface area contributed by atoms with Crippen molar-refractivity contribution in [1.82, 2.24) is 5.32 Å². The molecule has 5 heteroatoms. The van der Waals surface area contributed by atoms with Crippen LogP contribution in [0.15, 0.2) is 24.3 Å². The first-order chi connectivity index (χ1) is 8.54. The summed E-state index contributed by atoms with van der Waals surface area (Å²) in [6.07, 6.45) is 0. The molecule has 1 rings (SSSR count). The van der Waals surface area contributed by atoms with Gasteiger partial charge in [-0.15, -0.1) is 0 Å². The molecule has 2 N–H and O–H groups in total. The highest BCUT2D eigenvalue weighted by molar-refractivity contribution is 5.35. The summed E-state index contributed by atoms with van der Waals surface area (Å²) < 4.78 is 29.0. The molecule has 0 aromatic heterocycles. The first-order valence-corrected chi connectivity index (χ1v) is 5.92. The molecule has 0 saturated carbocycles. The molecule has 2 unspecified atom stereocenters. The van der Waals surface area contributed by atoms with Crippen LogP contribution in [0.3, 0.4) is 0 Å².